The second kappa shape index (κ2) is 5.92. The third-order valence-electron chi connectivity index (χ3n) is 3.73. The molecule has 0 aromatic rings. The molecule has 16 heavy (non-hydrogen) atoms. The Morgan fingerprint density at radius 3 is 2.50 bits per heavy atom. The lowest BCUT2D eigenvalue weighted by atomic mass is 9.89. The number of hydrogen-bond donors (Lipinski definition) is 1. The Hall–Kier alpha value is -0.220. The maximum Gasteiger partial charge on any atom is 0.324 e. The summed E-state index contributed by atoms with van der Waals surface area (Å²) in [6.07, 6.45) is 2.66. The lowest BCUT2D eigenvalue weighted by molar-refractivity contribution is -0.151. The average Bonchev–Trinajstić information content (AvgIpc) is 2.29. The van der Waals surface area contributed by atoms with Crippen molar-refractivity contribution in [2.24, 2.45) is 5.92 Å². The van der Waals surface area contributed by atoms with Crippen molar-refractivity contribution >= 4 is 17.7 Å². The molecule has 0 saturated carbocycles. The maximum atomic E-state index is 11.5. The summed E-state index contributed by atoms with van der Waals surface area (Å²) in [6, 6.07) is 0. The van der Waals surface area contributed by atoms with Crippen LogP contribution in [0.3, 0.4) is 0 Å². The topological polar surface area (TPSA) is 40.5 Å². The summed E-state index contributed by atoms with van der Waals surface area (Å²) in [5.74, 6) is 1.86. The van der Waals surface area contributed by atoms with Crippen LogP contribution >= 0.6 is 11.8 Å². The molecule has 1 aliphatic heterocycles. The predicted molar refractivity (Wildman–Crippen MR) is 69.0 cm³/mol. The highest BCUT2D eigenvalue weighted by Gasteiger charge is 2.43. The number of carboxylic acids is 1. The first-order valence-electron chi connectivity index (χ1n) is 6.05. The van der Waals surface area contributed by atoms with Gasteiger partial charge in [-0.25, -0.2) is 0 Å². The fourth-order valence-electron chi connectivity index (χ4n) is 2.24. The van der Waals surface area contributed by atoms with Gasteiger partial charge in [0.1, 0.15) is 5.54 Å². The van der Waals surface area contributed by atoms with E-state index in [9.17, 15) is 9.90 Å². The molecule has 1 heterocycles. The third kappa shape index (κ3) is 2.92. The van der Waals surface area contributed by atoms with E-state index in [1.807, 2.05) is 18.8 Å². The molecule has 0 amide bonds. The van der Waals surface area contributed by atoms with E-state index in [1.54, 1.807) is 0 Å². The fraction of sp³-hybridized carbons (Fsp3) is 0.917. The largest absolute Gasteiger partial charge is 0.480 e. The van der Waals surface area contributed by atoms with Crippen molar-refractivity contribution in [2.45, 2.75) is 38.6 Å². The molecule has 94 valence electrons. The van der Waals surface area contributed by atoms with Crippen LogP contribution in [0.1, 0.15) is 33.1 Å². The smallest absolute Gasteiger partial charge is 0.324 e. The van der Waals surface area contributed by atoms with Crippen LogP contribution in [0.2, 0.25) is 0 Å². The highest BCUT2D eigenvalue weighted by atomic mass is 32.2. The molecule has 1 unspecified atom stereocenters. The molecular formula is C12H23NO2S. The standard InChI is InChI=1S/C12H23NO2S/c1-4-10(2)9-13(3)12(11(14)15)5-7-16-8-6-12/h10H,4-9H2,1-3H3,(H,14,15). The van der Waals surface area contributed by atoms with Gasteiger partial charge in [0.15, 0.2) is 0 Å². The lowest BCUT2D eigenvalue weighted by Gasteiger charge is -2.41. The van der Waals surface area contributed by atoms with E-state index in [0.717, 1.165) is 37.3 Å². The van der Waals surface area contributed by atoms with Crippen LogP contribution in [0.15, 0.2) is 0 Å². The van der Waals surface area contributed by atoms with Crippen molar-refractivity contribution in [3.05, 3.63) is 0 Å². The first-order chi connectivity index (χ1) is 7.53. The molecular weight excluding hydrogens is 222 g/mol. The van der Waals surface area contributed by atoms with Crippen LogP contribution < -0.4 is 0 Å². The number of aliphatic carboxylic acids is 1. The summed E-state index contributed by atoms with van der Waals surface area (Å²) in [5.41, 5.74) is -0.602. The van der Waals surface area contributed by atoms with Crippen molar-refractivity contribution < 1.29 is 9.90 Å². The Balaban J connectivity index is 2.72. The Bertz CT molecular complexity index is 239. The van der Waals surface area contributed by atoms with Gasteiger partial charge in [-0.15, -0.1) is 0 Å². The summed E-state index contributed by atoms with van der Waals surface area (Å²) >= 11 is 1.87. The molecule has 1 aliphatic rings. The van der Waals surface area contributed by atoms with E-state index in [2.05, 4.69) is 18.7 Å². The minimum atomic E-state index is -0.640. The fourth-order valence-corrected chi connectivity index (χ4v) is 3.41. The molecule has 1 rings (SSSR count). The highest BCUT2D eigenvalue weighted by molar-refractivity contribution is 7.99. The van der Waals surface area contributed by atoms with Crippen LogP contribution in [0, 0.1) is 5.92 Å². The summed E-state index contributed by atoms with van der Waals surface area (Å²) in [4.78, 5) is 13.6. The molecule has 0 aliphatic carbocycles. The molecule has 1 atom stereocenters. The van der Waals surface area contributed by atoms with Crippen LogP contribution in [-0.4, -0.2) is 46.6 Å². The van der Waals surface area contributed by atoms with Gasteiger partial charge in [0.2, 0.25) is 0 Å². The number of rotatable bonds is 5. The highest BCUT2D eigenvalue weighted by Crippen LogP contribution is 2.32. The van der Waals surface area contributed by atoms with Crippen molar-refractivity contribution in [1.82, 2.24) is 4.90 Å². The van der Waals surface area contributed by atoms with Gasteiger partial charge in [-0.1, -0.05) is 20.3 Å². The summed E-state index contributed by atoms with van der Waals surface area (Å²) in [7, 11) is 1.97. The van der Waals surface area contributed by atoms with Gasteiger partial charge in [0, 0.05) is 6.54 Å². The van der Waals surface area contributed by atoms with Crippen molar-refractivity contribution in [1.29, 1.82) is 0 Å². The number of carboxylic acid groups (broad SMARTS) is 1. The van der Waals surface area contributed by atoms with E-state index in [-0.39, 0.29) is 0 Å². The number of likely N-dealkylation sites (N-methyl/N-ethyl adjacent to an activating group) is 1. The third-order valence-corrected chi connectivity index (χ3v) is 4.72. The molecule has 0 bridgehead atoms. The number of thioether (sulfide) groups is 1. The van der Waals surface area contributed by atoms with E-state index >= 15 is 0 Å². The van der Waals surface area contributed by atoms with E-state index < -0.39 is 11.5 Å². The zero-order valence-corrected chi connectivity index (χ0v) is 11.3. The second-order valence-corrected chi connectivity index (χ2v) is 6.07. The molecule has 3 nitrogen and oxygen atoms in total. The monoisotopic (exact) mass is 245 g/mol. The van der Waals surface area contributed by atoms with Crippen LogP contribution in [0.5, 0.6) is 0 Å². The van der Waals surface area contributed by atoms with Crippen molar-refractivity contribution in [2.75, 3.05) is 25.1 Å². The van der Waals surface area contributed by atoms with E-state index in [0.29, 0.717) is 5.92 Å². The van der Waals surface area contributed by atoms with Gasteiger partial charge in [0.25, 0.3) is 0 Å². The lowest BCUT2D eigenvalue weighted by Crippen LogP contribution is -2.56. The quantitative estimate of drug-likeness (QED) is 0.807. The van der Waals surface area contributed by atoms with Gasteiger partial charge in [-0.3, -0.25) is 9.69 Å². The zero-order chi connectivity index (χ0) is 12.2. The molecule has 0 aromatic carbocycles. The van der Waals surface area contributed by atoms with Gasteiger partial charge < -0.3 is 5.11 Å². The number of nitrogens with zero attached hydrogens (tertiary/aromatic N) is 1. The summed E-state index contributed by atoms with van der Waals surface area (Å²) in [5, 5.41) is 9.49. The molecule has 4 heteroatoms. The Labute approximate surface area is 103 Å². The molecule has 1 N–H and O–H groups in total. The number of hydrogen-bond acceptors (Lipinski definition) is 3. The Kier molecular flexibility index (Phi) is 5.12. The van der Waals surface area contributed by atoms with Gasteiger partial charge in [-0.2, -0.15) is 11.8 Å². The van der Waals surface area contributed by atoms with Crippen molar-refractivity contribution in [3.8, 4) is 0 Å². The second-order valence-electron chi connectivity index (χ2n) is 4.84. The summed E-state index contributed by atoms with van der Waals surface area (Å²) < 4.78 is 0. The van der Waals surface area contributed by atoms with Gasteiger partial charge >= 0.3 is 5.97 Å². The molecule has 0 radical (unpaired) electrons. The van der Waals surface area contributed by atoms with Crippen LogP contribution in [0.4, 0.5) is 0 Å². The molecule has 1 saturated heterocycles. The first kappa shape index (κ1) is 13.8. The van der Waals surface area contributed by atoms with Gasteiger partial charge in [-0.05, 0) is 37.3 Å². The summed E-state index contributed by atoms with van der Waals surface area (Å²) in [6.45, 7) is 5.22. The van der Waals surface area contributed by atoms with Gasteiger partial charge in [0.05, 0.1) is 0 Å². The first-order valence-corrected chi connectivity index (χ1v) is 7.20. The normalized spacial score (nSPS) is 22.0. The van der Waals surface area contributed by atoms with Crippen molar-refractivity contribution in [3.63, 3.8) is 0 Å². The van der Waals surface area contributed by atoms with E-state index in [4.69, 9.17) is 0 Å². The van der Waals surface area contributed by atoms with Crippen LogP contribution in [-0.2, 0) is 4.79 Å². The predicted octanol–water partition coefficient (Wildman–Crippen LogP) is 2.31. The molecule has 1 fully saturated rings. The maximum absolute atomic E-state index is 11.5. The zero-order valence-electron chi connectivity index (χ0n) is 10.5. The van der Waals surface area contributed by atoms with Crippen LogP contribution in [0.25, 0.3) is 0 Å². The molecule has 0 aromatic heterocycles. The SMILES string of the molecule is CCC(C)CN(C)C1(C(=O)O)CCSCC1. The minimum Gasteiger partial charge on any atom is -0.480 e. The average molecular weight is 245 g/mol. The minimum absolute atomic E-state index is 0.566. The Morgan fingerprint density at radius 2 is 2.06 bits per heavy atom. The van der Waals surface area contributed by atoms with E-state index in [1.165, 1.54) is 0 Å². The molecule has 0 spiro atoms. The Morgan fingerprint density at radius 1 is 1.50 bits per heavy atom. The number of carbonyl (C=O) groups is 1.